The molecule has 508 valence electrons. The molecule has 4 aliphatic rings. The second-order valence-electron chi connectivity index (χ2n) is 26.3. The summed E-state index contributed by atoms with van der Waals surface area (Å²) >= 11 is 6.04. The quantitative estimate of drug-likeness (QED) is 0.104. The molecule has 3 atom stereocenters. The van der Waals surface area contributed by atoms with Gasteiger partial charge in [0.2, 0.25) is 11.8 Å². The number of piperidine rings is 3. The summed E-state index contributed by atoms with van der Waals surface area (Å²) in [6.07, 6.45) is 21.4. The van der Waals surface area contributed by atoms with Gasteiger partial charge in [0.15, 0.2) is 5.15 Å². The first-order chi connectivity index (χ1) is 48.6. The lowest BCUT2D eigenvalue weighted by Gasteiger charge is -2.33. The van der Waals surface area contributed by atoms with Crippen LogP contribution in [0.15, 0.2) is 201 Å². The van der Waals surface area contributed by atoms with Crippen molar-refractivity contribution in [1.82, 2.24) is 59.8 Å². The fraction of sp³-hybridized carbons (Fsp3) is 0.308. The van der Waals surface area contributed by atoms with Crippen molar-refractivity contribution in [1.29, 1.82) is 0 Å². The number of halogens is 1. The normalized spacial score (nSPS) is 17.8. The molecule has 1 unspecified atom stereocenters. The molecule has 4 aliphatic heterocycles. The van der Waals surface area contributed by atoms with Crippen molar-refractivity contribution in [3.8, 4) is 40.2 Å². The van der Waals surface area contributed by atoms with Crippen molar-refractivity contribution in [3.63, 3.8) is 0 Å². The van der Waals surface area contributed by atoms with Crippen molar-refractivity contribution in [2.24, 2.45) is 0 Å². The van der Waals surface area contributed by atoms with Gasteiger partial charge in [0.1, 0.15) is 47.2 Å². The largest absolute Gasteiger partial charge is 0.494 e. The van der Waals surface area contributed by atoms with E-state index in [0.717, 1.165) is 173 Å². The van der Waals surface area contributed by atoms with Crippen LogP contribution in [0.1, 0.15) is 83.3 Å². The predicted molar refractivity (Wildman–Crippen MR) is 395 cm³/mol. The van der Waals surface area contributed by atoms with Crippen molar-refractivity contribution in [3.05, 3.63) is 224 Å². The van der Waals surface area contributed by atoms with E-state index < -0.39 is 0 Å². The molecule has 16 rings (SSSR count). The van der Waals surface area contributed by atoms with Gasteiger partial charge < -0.3 is 38.2 Å². The Hall–Kier alpha value is -10.3. The van der Waals surface area contributed by atoms with Crippen molar-refractivity contribution >= 4 is 74.3 Å². The minimum absolute atomic E-state index is 0.0289. The van der Waals surface area contributed by atoms with Crippen molar-refractivity contribution in [2.45, 2.75) is 117 Å². The van der Waals surface area contributed by atoms with Crippen LogP contribution >= 0.6 is 11.6 Å². The van der Waals surface area contributed by atoms with E-state index in [1.54, 1.807) is 55.8 Å². The number of nitrogens with zero attached hydrogens (tertiary/aromatic N) is 15. The number of rotatable bonds is 12. The molecule has 12 aromatic rings. The molecule has 4 fully saturated rings. The lowest BCUT2D eigenvalue weighted by atomic mass is 9.79. The highest BCUT2D eigenvalue weighted by Crippen LogP contribution is 2.37. The van der Waals surface area contributed by atoms with Crippen LogP contribution in [0, 0.1) is 20.8 Å². The Labute approximate surface area is 588 Å². The summed E-state index contributed by atoms with van der Waals surface area (Å²) in [5, 5.41) is 3.77. The second kappa shape index (κ2) is 31.2. The fourth-order valence-corrected chi connectivity index (χ4v) is 12.7. The third-order valence-electron chi connectivity index (χ3n) is 18.4. The molecule has 0 aliphatic carbocycles. The van der Waals surface area contributed by atoms with E-state index in [1.165, 1.54) is 0 Å². The highest BCUT2D eigenvalue weighted by Gasteiger charge is 2.51. The van der Waals surface area contributed by atoms with E-state index in [0.29, 0.717) is 22.8 Å². The summed E-state index contributed by atoms with van der Waals surface area (Å²) < 4.78 is 30.6. The number of anilines is 3. The Morgan fingerprint density at radius 1 is 0.400 bits per heavy atom. The number of hydrogen-bond donors (Lipinski definition) is 0. The number of aromatic nitrogens is 12. The highest BCUT2D eigenvalue weighted by molar-refractivity contribution is 6.62. The molecule has 0 spiro atoms. The van der Waals surface area contributed by atoms with Crippen LogP contribution in [0.3, 0.4) is 0 Å². The molecule has 3 aromatic carbocycles. The maximum absolute atomic E-state index is 6.36. The molecule has 22 heteroatoms. The van der Waals surface area contributed by atoms with E-state index in [1.807, 2.05) is 99.6 Å². The van der Waals surface area contributed by atoms with Gasteiger partial charge in [-0.05, 0) is 183 Å². The molecule has 0 radical (unpaired) electrons. The Balaban J connectivity index is 0.000000122. The molecule has 100 heavy (non-hydrogen) atoms. The first-order valence-corrected chi connectivity index (χ1v) is 34.6. The number of hydrogen-bond acceptors (Lipinski definition) is 20. The number of pyridine rings is 6. The molecule has 0 saturated carbocycles. The Morgan fingerprint density at radius 2 is 0.760 bits per heavy atom. The summed E-state index contributed by atoms with van der Waals surface area (Å²) in [5.74, 6) is 4.50. The van der Waals surface area contributed by atoms with Gasteiger partial charge in [0.25, 0.3) is 5.88 Å². The Morgan fingerprint density at radius 3 is 1.16 bits per heavy atom. The van der Waals surface area contributed by atoms with Gasteiger partial charge in [-0.15, -0.1) is 0 Å². The molecule has 4 saturated heterocycles. The van der Waals surface area contributed by atoms with Crippen LogP contribution in [0.2, 0.25) is 5.15 Å². The first kappa shape index (κ1) is 68.2. The van der Waals surface area contributed by atoms with Crippen LogP contribution < -0.4 is 34.4 Å². The summed E-state index contributed by atoms with van der Waals surface area (Å²) in [7, 11) is -0.285. The van der Waals surface area contributed by atoms with Gasteiger partial charge in [0, 0.05) is 120 Å². The molecule has 13 heterocycles. The standard InChI is InChI=1S/2C24H23N5O.C18H17ClN4O.C12H18BNO2/c2*1-17-15-19(10-11-25-17)23-24(27-13-12-26-23)30-20-6-4-14-29(16-20)22-9-8-18-5-2-3-7-21(18)28-22;19-17-18(21-10-9-20-17)24-14-5-3-11-23(12-14)16-8-7-13-4-1-2-6-15(13)22-16;1-9-8-10(6-7-14-9)13-15-11(2,3)12(4,5)16-13/h2*2-3,5,7-13,15,20H,4,6,14,16H2,1H3;1-2,4,6-10,14H,3,5,11-12H2;6-8H,1-5H3/t2*20-;;/m10../s1. The molecule has 9 aromatic heterocycles. The van der Waals surface area contributed by atoms with Crippen LogP contribution in [0.5, 0.6) is 17.6 Å². The van der Waals surface area contributed by atoms with Gasteiger partial charge in [-0.3, -0.25) is 15.0 Å². The first-order valence-electron chi connectivity index (χ1n) is 34.2. The second-order valence-corrected chi connectivity index (χ2v) is 26.7. The monoisotopic (exact) mass is 1350 g/mol. The van der Waals surface area contributed by atoms with Crippen molar-refractivity contribution in [2.75, 3.05) is 54.0 Å². The molecule has 0 bridgehead atoms. The summed E-state index contributed by atoms with van der Waals surface area (Å²) in [6.45, 7) is 19.4. The third-order valence-corrected chi connectivity index (χ3v) is 18.7. The molecular weight excluding hydrogens is 1270 g/mol. The van der Waals surface area contributed by atoms with E-state index in [9.17, 15) is 0 Å². The molecule has 20 nitrogen and oxygen atoms in total. The lowest BCUT2D eigenvalue weighted by molar-refractivity contribution is 0.00578. The van der Waals surface area contributed by atoms with Gasteiger partial charge in [-0.2, -0.15) is 0 Å². The number of aryl methyl sites for hydroxylation is 3. The number of ether oxygens (including phenoxy) is 3. The van der Waals surface area contributed by atoms with Crippen LogP contribution in [0.4, 0.5) is 17.5 Å². The summed E-state index contributed by atoms with van der Waals surface area (Å²) in [4.78, 5) is 60.2. The lowest BCUT2D eigenvalue weighted by Crippen LogP contribution is -2.41. The average Bonchev–Trinajstić information content (AvgIpc) is 1.07. The van der Waals surface area contributed by atoms with Gasteiger partial charge in [-0.25, -0.2) is 44.9 Å². The maximum Gasteiger partial charge on any atom is 0.494 e. The summed E-state index contributed by atoms with van der Waals surface area (Å²) in [5.41, 5.74) is 9.81. The smallest absolute Gasteiger partial charge is 0.471 e. The molecule has 0 N–H and O–H groups in total. The fourth-order valence-electron chi connectivity index (χ4n) is 12.6. The molecular formula is C78H81BClN15O5. The Bertz CT molecular complexity index is 4570. The van der Waals surface area contributed by atoms with E-state index in [-0.39, 0.29) is 36.6 Å². The minimum Gasteiger partial charge on any atom is -0.471 e. The van der Waals surface area contributed by atoms with E-state index in [4.69, 9.17) is 50.1 Å². The SMILES string of the molecule is Cc1cc(-c2nccnc2O[C@@H]2CCCN(c3ccc4ccccc4n3)C2)ccn1.Cc1cc(-c2nccnc2O[C@H]2CCCN(c3ccc4ccccc4n3)C2)ccn1.Cc1cc(B2OC(C)(C)C(C)(C)O2)ccn1.Clc1nccnc1OC1CCCN(c2ccc3ccccc3n2)C1. The van der Waals surface area contributed by atoms with Gasteiger partial charge in [-0.1, -0.05) is 66.2 Å². The highest BCUT2D eigenvalue weighted by atomic mass is 35.5. The zero-order chi connectivity index (χ0) is 69.0. The van der Waals surface area contributed by atoms with E-state index in [2.05, 4.69) is 154 Å². The minimum atomic E-state index is -0.285. The van der Waals surface area contributed by atoms with Gasteiger partial charge >= 0.3 is 7.12 Å². The number of para-hydroxylation sites is 3. The van der Waals surface area contributed by atoms with Gasteiger partial charge in [0.05, 0.1) is 47.4 Å². The third kappa shape index (κ3) is 16.8. The number of benzene rings is 3. The maximum atomic E-state index is 6.36. The predicted octanol–water partition coefficient (Wildman–Crippen LogP) is 14.3. The molecule has 0 amide bonds. The topological polar surface area (TPSA) is 211 Å². The number of fused-ring (bicyclic) bond motifs is 3. The zero-order valence-electron chi connectivity index (χ0n) is 57.5. The van der Waals surface area contributed by atoms with Crippen molar-refractivity contribution < 1.29 is 23.5 Å². The Kier molecular flexibility index (Phi) is 21.3. The average molecular weight is 1350 g/mol. The van der Waals surface area contributed by atoms with Crippen LogP contribution in [-0.4, -0.2) is 136 Å². The van der Waals surface area contributed by atoms with E-state index >= 15 is 0 Å². The van der Waals surface area contributed by atoms with Crippen LogP contribution in [-0.2, 0) is 9.31 Å². The van der Waals surface area contributed by atoms with Crippen LogP contribution in [0.25, 0.3) is 55.2 Å². The summed E-state index contributed by atoms with van der Waals surface area (Å²) in [6, 6.07) is 49.0. The zero-order valence-corrected chi connectivity index (χ0v) is 58.2.